The van der Waals surface area contributed by atoms with Crippen LogP contribution in [0.5, 0.6) is 5.75 Å². The van der Waals surface area contributed by atoms with E-state index in [1.54, 1.807) is 10.7 Å². The molecule has 2 N–H and O–H groups in total. The van der Waals surface area contributed by atoms with Crippen LogP contribution in [0, 0.1) is 0 Å². The van der Waals surface area contributed by atoms with Gasteiger partial charge in [0.05, 0.1) is 5.69 Å². The molecule has 0 saturated heterocycles. The summed E-state index contributed by atoms with van der Waals surface area (Å²) in [5.74, 6) is -0.503. The quantitative estimate of drug-likeness (QED) is 0.823. The Labute approximate surface area is 104 Å². The van der Waals surface area contributed by atoms with Gasteiger partial charge in [0, 0.05) is 32.4 Å². The summed E-state index contributed by atoms with van der Waals surface area (Å²) in [4.78, 5) is 15.5. The molecule has 0 radical (unpaired) electrons. The zero-order valence-corrected chi connectivity index (χ0v) is 10.00. The highest BCUT2D eigenvalue weighted by Crippen LogP contribution is 2.11. The van der Waals surface area contributed by atoms with Gasteiger partial charge in [0.2, 0.25) is 0 Å². The molecule has 18 heavy (non-hydrogen) atoms. The molecule has 0 fully saturated rings. The van der Waals surface area contributed by atoms with Crippen molar-refractivity contribution < 1.29 is 9.90 Å². The molecule has 1 amide bonds. The lowest BCUT2D eigenvalue weighted by Crippen LogP contribution is -2.26. The first-order valence-corrected chi connectivity index (χ1v) is 5.57. The van der Waals surface area contributed by atoms with Crippen molar-refractivity contribution in [3.05, 3.63) is 42.0 Å². The summed E-state index contributed by atoms with van der Waals surface area (Å²) >= 11 is 0. The smallest absolute Gasteiger partial charge is 0.273 e. The SMILES string of the molecule is Cn1ccc(CCNC(=O)c2ncccc2O)n1. The van der Waals surface area contributed by atoms with Gasteiger partial charge in [0.25, 0.3) is 5.91 Å². The van der Waals surface area contributed by atoms with Gasteiger partial charge in [-0.05, 0) is 18.2 Å². The number of carbonyl (C=O) groups excluding carboxylic acids is 1. The molecule has 0 saturated carbocycles. The van der Waals surface area contributed by atoms with Crippen molar-refractivity contribution in [1.82, 2.24) is 20.1 Å². The third kappa shape index (κ3) is 2.85. The van der Waals surface area contributed by atoms with E-state index in [0.717, 1.165) is 5.69 Å². The van der Waals surface area contributed by atoms with Crippen LogP contribution in [0.15, 0.2) is 30.6 Å². The molecule has 2 heterocycles. The average molecular weight is 246 g/mol. The van der Waals surface area contributed by atoms with Gasteiger partial charge in [-0.3, -0.25) is 9.48 Å². The second-order valence-electron chi connectivity index (χ2n) is 3.86. The average Bonchev–Trinajstić information content (AvgIpc) is 2.75. The van der Waals surface area contributed by atoms with Crippen molar-refractivity contribution in [1.29, 1.82) is 0 Å². The van der Waals surface area contributed by atoms with Crippen molar-refractivity contribution in [2.24, 2.45) is 7.05 Å². The van der Waals surface area contributed by atoms with E-state index in [9.17, 15) is 9.90 Å². The minimum Gasteiger partial charge on any atom is -0.505 e. The Morgan fingerprint density at radius 2 is 2.33 bits per heavy atom. The fourth-order valence-electron chi connectivity index (χ4n) is 1.56. The highest BCUT2D eigenvalue weighted by molar-refractivity contribution is 5.94. The number of carbonyl (C=O) groups is 1. The van der Waals surface area contributed by atoms with E-state index in [1.165, 1.54) is 12.3 Å². The van der Waals surface area contributed by atoms with Crippen molar-refractivity contribution in [2.45, 2.75) is 6.42 Å². The number of rotatable bonds is 4. The summed E-state index contributed by atoms with van der Waals surface area (Å²) in [5.41, 5.74) is 0.946. The molecule has 0 aliphatic rings. The molecule has 6 heteroatoms. The molecule has 0 aliphatic carbocycles. The number of pyridine rings is 1. The topological polar surface area (TPSA) is 80.0 Å². The minimum atomic E-state index is -0.385. The Morgan fingerprint density at radius 1 is 1.50 bits per heavy atom. The zero-order valence-electron chi connectivity index (χ0n) is 10.00. The van der Waals surface area contributed by atoms with Gasteiger partial charge >= 0.3 is 0 Å². The predicted molar refractivity (Wildman–Crippen MR) is 65.1 cm³/mol. The van der Waals surface area contributed by atoms with Crippen molar-refractivity contribution in [2.75, 3.05) is 6.54 Å². The second kappa shape index (κ2) is 5.31. The molecular weight excluding hydrogens is 232 g/mol. The maximum Gasteiger partial charge on any atom is 0.273 e. The van der Waals surface area contributed by atoms with E-state index < -0.39 is 0 Å². The third-order valence-electron chi connectivity index (χ3n) is 2.44. The summed E-state index contributed by atoms with van der Waals surface area (Å²) in [6, 6.07) is 4.89. The molecule has 0 unspecified atom stereocenters. The maximum atomic E-state index is 11.7. The maximum absolute atomic E-state index is 11.7. The van der Waals surface area contributed by atoms with E-state index in [-0.39, 0.29) is 17.4 Å². The van der Waals surface area contributed by atoms with Gasteiger partial charge < -0.3 is 10.4 Å². The normalized spacial score (nSPS) is 10.3. The van der Waals surface area contributed by atoms with E-state index in [4.69, 9.17) is 0 Å². The number of amides is 1. The van der Waals surface area contributed by atoms with E-state index in [2.05, 4.69) is 15.4 Å². The van der Waals surface area contributed by atoms with Gasteiger partial charge in [-0.2, -0.15) is 5.10 Å². The Balaban J connectivity index is 1.87. The molecule has 0 aliphatic heterocycles. The predicted octanol–water partition coefficient (Wildman–Crippen LogP) is 0.493. The number of nitrogens with zero attached hydrogens (tertiary/aromatic N) is 3. The molecule has 0 spiro atoms. The summed E-state index contributed by atoms with van der Waals surface area (Å²) in [5, 5.41) is 16.3. The van der Waals surface area contributed by atoms with Crippen LogP contribution in [0.3, 0.4) is 0 Å². The molecular formula is C12H14N4O2. The molecule has 2 rings (SSSR count). The Bertz CT molecular complexity index is 551. The fourth-order valence-corrected chi connectivity index (χ4v) is 1.56. The van der Waals surface area contributed by atoms with Crippen molar-refractivity contribution in [3.8, 4) is 5.75 Å². The summed E-state index contributed by atoms with van der Waals surface area (Å²) in [6.07, 6.45) is 3.95. The van der Waals surface area contributed by atoms with Gasteiger partial charge in [-0.15, -0.1) is 0 Å². The first kappa shape index (κ1) is 12.1. The first-order chi connectivity index (χ1) is 8.66. The summed E-state index contributed by atoms with van der Waals surface area (Å²) < 4.78 is 1.71. The Hall–Kier alpha value is -2.37. The fraction of sp³-hybridized carbons (Fsp3) is 0.250. The lowest BCUT2D eigenvalue weighted by molar-refractivity contribution is 0.0946. The van der Waals surface area contributed by atoms with Crippen LogP contribution in [0.4, 0.5) is 0 Å². The number of aromatic nitrogens is 3. The molecule has 2 aromatic rings. The van der Waals surface area contributed by atoms with E-state index in [0.29, 0.717) is 13.0 Å². The molecule has 6 nitrogen and oxygen atoms in total. The highest BCUT2D eigenvalue weighted by atomic mass is 16.3. The Kier molecular flexibility index (Phi) is 3.57. The standard InChI is InChI=1S/C12H14N4O2/c1-16-8-5-9(15-16)4-7-14-12(18)11-10(17)3-2-6-13-11/h2-3,5-6,8,17H,4,7H2,1H3,(H,14,18). The van der Waals surface area contributed by atoms with Crippen LogP contribution in [0.2, 0.25) is 0 Å². The number of nitrogens with one attached hydrogen (secondary N) is 1. The molecule has 0 aromatic carbocycles. The van der Waals surface area contributed by atoms with Crippen LogP contribution in [-0.2, 0) is 13.5 Å². The summed E-state index contributed by atoms with van der Waals surface area (Å²) in [6.45, 7) is 0.450. The number of aryl methyl sites for hydroxylation is 1. The number of hydrogen-bond acceptors (Lipinski definition) is 4. The van der Waals surface area contributed by atoms with Crippen LogP contribution in [-0.4, -0.2) is 32.3 Å². The van der Waals surface area contributed by atoms with Crippen LogP contribution >= 0.6 is 0 Å². The van der Waals surface area contributed by atoms with E-state index >= 15 is 0 Å². The lowest BCUT2D eigenvalue weighted by Gasteiger charge is -2.04. The lowest BCUT2D eigenvalue weighted by atomic mass is 10.3. The third-order valence-corrected chi connectivity index (χ3v) is 2.44. The number of hydrogen-bond donors (Lipinski definition) is 2. The van der Waals surface area contributed by atoms with Gasteiger partial charge in [-0.1, -0.05) is 0 Å². The molecule has 0 bridgehead atoms. The monoisotopic (exact) mass is 246 g/mol. The van der Waals surface area contributed by atoms with Crippen LogP contribution in [0.1, 0.15) is 16.2 Å². The largest absolute Gasteiger partial charge is 0.505 e. The zero-order chi connectivity index (χ0) is 13.0. The van der Waals surface area contributed by atoms with Crippen LogP contribution in [0.25, 0.3) is 0 Å². The van der Waals surface area contributed by atoms with Crippen LogP contribution < -0.4 is 5.32 Å². The first-order valence-electron chi connectivity index (χ1n) is 5.57. The van der Waals surface area contributed by atoms with Gasteiger partial charge in [0.1, 0.15) is 5.75 Å². The molecule has 0 atom stereocenters. The second-order valence-corrected chi connectivity index (χ2v) is 3.86. The molecule has 2 aromatic heterocycles. The van der Waals surface area contributed by atoms with Gasteiger partial charge in [0.15, 0.2) is 5.69 Å². The molecule has 94 valence electrons. The van der Waals surface area contributed by atoms with E-state index in [1.807, 2.05) is 19.3 Å². The number of aromatic hydroxyl groups is 1. The minimum absolute atomic E-state index is 0.0403. The highest BCUT2D eigenvalue weighted by Gasteiger charge is 2.11. The van der Waals surface area contributed by atoms with Crippen molar-refractivity contribution >= 4 is 5.91 Å². The summed E-state index contributed by atoms with van der Waals surface area (Å²) in [7, 11) is 1.84. The van der Waals surface area contributed by atoms with Crippen molar-refractivity contribution in [3.63, 3.8) is 0 Å². The Morgan fingerprint density at radius 3 is 3.00 bits per heavy atom. The van der Waals surface area contributed by atoms with Gasteiger partial charge in [-0.25, -0.2) is 4.98 Å².